The summed E-state index contributed by atoms with van der Waals surface area (Å²) >= 11 is 3.45. The van der Waals surface area contributed by atoms with Crippen LogP contribution in [0.5, 0.6) is 5.75 Å². The number of anilines is 2. The molecule has 0 saturated carbocycles. The quantitative estimate of drug-likeness (QED) is 0.616. The van der Waals surface area contributed by atoms with Gasteiger partial charge in [-0.15, -0.1) is 22.7 Å². The number of fused-ring (bicyclic) bond motifs is 1. The van der Waals surface area contributed by atoms with E-state index in [1.54, 1.807) is 29.8 Å². The minimum Gasteiger partial charge on any atom is -0.497 e. The van der Waals surface area contributed by atoms with Gasteiger partial charge < -0.3 is 15.4 Å². The van der Waals surface area contributed by atoms with E-state index in [0.29, 0.717) is 0 Å². The lowest BCUT2D eigenvalue weighted by Gasteiger charge is -2.10. The molecule has 2 N–H and O–H groups in total. The van der Waals surface area contributed by atoms with Gasteiger partial charge in [-0.05, 0) is 60.5 Å². The smallest absolute Gasteiger partial charge is 0.258 e. The molecule has 4 nitrogen and oxygen atoms in total. The first-order chi connectivity index (χ1) is 12.7. The molecule has 6 heteroatoms. The fourth-order valence-electron chi connectivity index (χ4n) is 3.22. The van der Waals surface area contributed by atoms with Crippen LogP contribution >= 0.6 is 22.7 Å². The molecule has 0 fully saturated rings. The van der Waals surface area contributed by atoms with Gasteiger partial charge >= 0.3 is 0 Å². The third kappa shape index (κ3) is 3.48. The second kappa shape index (κ2) is 7.51. The Bertz CT molecular complexity index is 899. The van der Waals surface area contributed by atoms with Gasteiger partial charge in [-0.25, -0.2) is 0 Å². The third-order valence-corrected chi connectivity index (χ3v) is 6.63. The Balaban J connectivity index is 1.56. The summed E-state index contributed by atoms with van der Waals surface area (Å²) in [5, 5.41) is 9.56. The summed E-state index contributed by atoms with van der Waals surface area (Å²) < 4.78 is 5.17. The molecule has 1 aliphatic rings. The van der Waals surface area contributed by atoms with Crippen LogP contribution in [-0.4, -0.2) is 13.0 Å². The van der Waals surface area contributed by atoms with Gasteiger partial charge in [0.1, 0.15) is 10.8 Å². The lowest BCUT2D eigenvalue weighted by Crippen LogP contribution is -2.15. The van der Waals surface area contributed by atoms with Crippen molar-refractivity contribution in [3.63, 3.8) is 0 Å². The highest BCUT2D eigenvalue weighted by atomic mass is 32.1. The molecule has 1 aliphatic carbocycles. The van der Waals surface area contributed by atoms with E-state index in [2.05, 4.69) is 22.1 Å². The number of benzene rings is 1. The Morgan fingerprint density at radius 3 is 2.77 bits per heavy atom. The van der Waals surface area contributed by atoms with Crippen molar-refractivity contribution < 1.29 is 9.53 Å². The van der Waals surface area contributed by atoms with Crippen molar-refractivity contribution in [3.05, 3.63) is 62.7 Å². The van der Waals surface area contributed by atoms with Crippen LogP contribution in [0.3, 0.4) is 0 Å². The number of carbonyl (C=O) groups is 1. The first kappa shape index (κ1) is 17.1. The van der Waals surface area contributed by atoms with E-state index < -0.39 is 0 Å². The zero-order chi connectivity index (χ0) is 17.9. The number of amides is 1. The van der Waals surface area contributed by atoms with Gasteiger partial charge in [-0.2, -0.15) is 0 Å². The molecule has 4 rings (SSSR count). The lowest BCUT2D eigenvalue weighted by molar-refractivity contribution is 0.102. The number of nitrogens with one attached hydrogen (secondary N) is 2. The zero-order valence-corrected chi connectivity index (χ0v) is 16.1. The van der Waals surface area contributed by atoms with Gasteiger partial charge in [0.15, 0.2) is 0 Å². The third-order valence-electron chi connectivity index (χ3n) is 4.50. The van der Waals surface area contributed by atoms with Crippen LogP contribution in [0, 0.1) is 0 Å². The Hall–Kier alpha value is -2.31. The maximum Gasteiger partial charge on any atom is 0.258 e. The summed E-state index contributed by atoms with van der Waals surface area (Å²) in [7, 11) is 1.63. The van der Waals surface area contributed by atoms with Crippen LogP contribution < -0.4 is 15.4 Å². The van der Waals surface area contributed by atoms with E-state index in [9.17, 15) is 4.79 Å². The molecule has 3 aromatic rings. The highest BCUT2D eigenvalue weighted by Crippen LogP contribution is 2.39. The molecule has 0 atom stereocenters. The van der Waals surface area contributed by atoms with Crippen molar-refractivity contribution in [1.82, 2.24) is 0 Å². The first-order valence-electron chi connectivity index (χ1n) is 8.61. The largest absolute Gasteiger partial charge is 0.497 e. The van der Waals surface area contributed by atoms with E-state index in [0.717, 1.165) is 47.8 Å². The van der Waals surface area contributed by atoms with E-state index in [1.165, 1.54) is 15.3 Å². The van der Waals surface area contributed by atoms with Crippen LogP contribution in [-0.2, 0) is 19.4 Å². The predicted molar refractivity (Wildman–Crippen MR) is 109 cm³/mol. The summed E-state index contributed by atoms with van der Waals surface area (Å²) in [6.07, 6.45) is 3.19. The minimum atomic E-state index is -0.0387. The molecule has 0 saturated heterocycles. The highest BCUT2D eigenvalue weighted by Gasteiger charge is 2.26. The number of thiophene rings is 2. The van der Waals surface area contributed by atoms with Gasteiger partial charge in [0.25, 0.3) is 5.91 Å². The zero-order valence-electron chi connectivity index (χ0n) is 14.5. The number of rotatable bonds is 6. The van der Waals surface area contributed by atoms with Gasteiger partial charge in [0.05, 0.1) is 19.2 Å². The van der Waals surface area contributed by atoms with Crippen LogP contribution in [0.4, 0.5) is 10.7 Å². The number of ether oxygens (including phenoxy) is 1. The number of aryl methyl sites for hydroxylation is 1. The molecule has 0 unspecified atom stereocenters. The summed E-state index contributed by atoms with van der Waals surface area (Å²) in [5.41, 5.74) is 2.81. The van der Waals surface area contributed by atoms with Crippen molar-refractivity contribution >= 4 is 39.3 Å². The Morgan fingerprint density at radius 2 is 2.04 bits per heavy atom. The normalized spacial score (nSPS) is 12.7. The average Bonchev–Trinajstić information content (AvgIpc) is 3.37. The molecule has 2 aromatic heterocycles. The minimum absolute atomic E-state index is 0.0387. The molecule has 2 heterocycles. The molecule has 0 spiro atoms. The van der Waals surface area contributed by atoms with Crippen LogP contribution in [0.25, 0.3) is 0 Å². The summed E-state index contributed by atoms with van der Waals surface area (Å²) in [6.45, 7) is 0.750. The van der Waals surface area contributed by atoms with Gasteiger partial charge in [0, 0.05) is 15.4 Å². The Morgan fingerprint density at radius 1 is 1.19 bits per heavy atom. The second-order valence-electron chi connectivity index (χ2n) is 6.18. The predicted octanol–water partition coefficient (Wildman–Crippen LogP) is 5.17. The standard InChI is InChI=1S/C20H20N2O2S2/c1-24-14-9-7-13(8-10-14)22-19(23)18-16-5-2-6-17(16)26-20(18)21-12-15-4-3-11-25-15/h3-4,7-11,21H,2,5-6,12H2,1H3,(H,22,23). The monoisotopic (exact) mass is 384 g/mol. The van der Waals surface area contributed by atoms with Crippen molar-refractivity contribution in [2.45, 2.75) is 25.8 Å². The van der Waals surface area contributed by atoms with Crippen molar-refractivity contribution in [2.24, 2.45) is 0 Å². The van der Waals surface area contributed by atoms with Crippen molar-refractivity contribution in [2.75, 3.05) is 17.7 Å². The number of carbonyl (C=O) groups excluding carboxylic acids is 1. The maximum atomic E-state index is 13.0. The average molecular weight is 385 g/mol. The summed E-state index contributed by atoms with van der Waals surface area (Å²) in [5.74, 6) is 0.737. The number of hydrogen-bond acceptors (Lipinski definition) is 5. The molecule has 26 heavy (non-hydrogen) atoms. The van der Waals surface area contributed by atoms with Crippen LogP contribution in [0.15, 0.2) is 41.8 Å². The second-order valence-corrected chi connectivity index (χ2v) is 8.31. The molecule has 1 aromatic carbocycles. The lowest BCUT2D eigenvalue weighted by atomic mass is 10.1. The van der Waals surface area contributed by atoms with E-state index in [4.69, 9.17) is 4.74 Å². The van der Waals surface area contributed by atoms with Gasteiger partial charge in [-0.1, -0.05) is 6.07 Å². The highest BCUT2D eigenvalue weighted by molar-refractivity contribution is 7.16. The Kier molecular flexibility index (Phi) is 4.95. The number of methoxy groups -OCH3 is 1. The van der Waals surface area contributed by atoms with Gasteiger partial charge in [-0.3, -0.25) is 4.79 Å². The van der Waals surface area contributed by atoms with Crippen molar-refractivity contribution in [1.29, 1.82) is 0 Å². The molecule has 0 bridgehead atoms. The first-order valence-corrected chi connectivity index (χ1v) is 10.3. The molecule has 134 valence electrons. The molecule has 1 amide bonds. The van der Waals surface area contributed by atoms with E-state index in [1.807, 2.05) is 30.3 Å². The molecular formula is C20H20N2O2S2. The topological polar surface area (TPSA) is 50.4 Å². The Labute approximate surface area is 160 Å². The van der Waals surface area contributed by atoms with Gasteiger partial charge in [0.2, 0.25) is 0 Å². The van der Waals surface area contributed by atoms with Crippen LogP contribution in [0.2, 0.25) is 0 Å². The fourth-order valence-corrected chi connectivity index (χ4v) is 5.14. The molecule has 0 radical (unpaired) electrons. The van der Waals surface area contributed by atoms with E-state index in [-0.39, 0.29) is 5.91 Å². The number of hydrogen-bond donors (Lipinski definition) is 2. The van der Waals surface area contributed by atoms with Crippen molar-refractivity contribution in [3.8, 4) is 5.75 Å². The summed E-state index contributed by atoms with van der Waals surface area (Å²) in [6, 6.07) is 11.6. The maximum absolute atomic E-state index is 13.0. The summed E-state index contributed by atoms with van der Waals surface area (Å²) in [4.78, 5) is 15.6. The fraction of sp³-hybridized carbons (Fsp3) is 0.250. The molecular weight excluding hydrogens is 364 g/mol. The van der Waals surface area contributed by atoms with Crippen LogP contribution in [0.1, 0.15) is 32.1 Å². The SMILES string of the molecule is COc1ccc(NC(=O)c2c(NCc3cccs3)sc3c2CCC3)cc1. The van der Waals surface area contributed by atoms with E-state index >= 15 is 0 Å². The molecule has 0 aliphatic heterocycles.